The molecule has 0 unspecified atom stereocenters. The molecule has 3 N–H and O–H groups in total. The molecule has 8 heteroatoms. The Balaban J connectivity index is 0.00000280. The zero-order valence-corrected chi connectivity index (χ0v) is 18.9. The second-order valence-electron chi connectivity index (χ2n) is 7.27. The molecule has 2 aliphatic rings. The van der Waals surface area contributed by atoms with Crippen LogP contribution in [0.4, 0.5) is 5.69 Å². The van der Waals surface area contributed by atoms with Crippen LogP contribution in [0.3, 0.4) is 0 Å². The number of benzene rings is 1. The summed E-state index contributed by atoms with van der Waals surface area (Å²) in [6.07, 6.45) is 4.57. The van der Waals surface area contributed by atoms with Gasteiger partial charge in [-0.15, -0.1) is 24.0 Å². The number of ether oxygens (including phenoxy) is 1. The second kappa shape index (κ2) is 11.5. The molecule has 0 spiro atoms. The number of hydrogen-bond donors (Lipinski definition) is 2. The number of guanidine groups is 1. The number of aliphatic imine (C=N–C) groups is 1. The van der Waals surface area contributed by atoms with Gasteiger partial charge in [-0.05, 0) is 37.1 Å². The van der Waals surface area contributed by atoms with Gasteiger partial charge < -0.3 is 20.7 Å². The van der Waals surface area contributed by atoms with E-state index in [-0.39, 0.29) is 29.9 Å². The maximum Gasteiger partial charge on any atom is 0.225 e. The fourth-order valence-corrected chi connectivity index (χ4v) is 3.80. The first kappa shape index (κ1) is 22.7. The number of anilines is 1. The third kappa shape index (κ3) is 6.51. The molecule has 1 aliphatic heterocycles. The summed E-state index contributed by atoms with van der Waals surface area (Å²) >= 11 is 0. The van der Waals surface area contributed by atoms with Crippen molar-refractivity contribution in [1.29, 1.82) is 0 Å². The standard InChI is InChI=1S/C20H31N5O2.HI/c1-27-18-8-6-17(7-9-18)23-20(21)22-10-11-24-12-14-25(15-13-24)19(26)16-4-2-3-5-16;/h6-9,16H,2-5,10-15H2,1H3,(H3,21,22,23);1H. The molecule has 1 aliphatic carbocycles. The Morgan fingerprint density at radius 3 is 2.43 bits per heavy atom. The Labute approximate surface area is 184 Å². The van der Waals surface area contributed by atoms with E-state index < -0.39 is 0 Å². The van der Waals surface area contributed by atoms with Crippen molar-refractivity contribution in [3.8, 4) is 5.75 Å². The van der Waals surface area contributed by atoms with E-state index >= 15 is 0 Å². The molecule has 28 heavy (non-hydrogen) atoms. The van der Waals surface area contributed by atoms with Crippen molar-refractivity contribution in [3.63, 3.8) is 0 Å². The lowest BCUT2D eigenvalue weighted by molar-refractivity contribution is -0.137. The summed E-state index contributed by atoms with van der Waals surface area (Å²) in [4.78, 5) is 21.3. The van der Waals surface area contributed by atoms with Gasteiger partial charge in [0.1, 0.15) is 5.75 Å². The summed E-state index contributed by atoms with van der Waals surface area (Å²) in [7, 11) is 1.64. The molecule has 1 aromatic carbocycles. The molecular weight excluding hydrogens is 469 g/mol. The first-order valence-electron chi connectivity index (χ1n) is 9.88. The number of rotatable bonds is 6. The Morgan fingerprint density at radius 2 is 1.82 bits per heavy atom. The topological polar surface area (TPSA) is 83.2 Å². The number of nitrogens with zero attached hydrogens (tertiary/aromatic N) is 3. The van der Waals surface area contributed by atoms with E-state index in [0.717, 1.165) is 57.0 Å². The largest absolute Gasteiger partial charge is 0.497 e. The van der Waals surface area contributed by atoms with Crippen LogP contribution in [0.15, 0.2) is 29.3 Å². The van der Waals surface area contributed by atoms with E-state index in [1.54, 1.807) is 7.11 Å². The summed E-state index contributed by atoms with van der Waals surface area (Å²) in [6.45, 7) is 5.00. The van der Waals surface area contributed by atoms with Gasteiger partial charge in [0.05, 0.1) is 13.7 Å². The van der Waals surface area contributed by atoms with E-state index in [9.17, 15) is 4.79 Å². The summed E-state index contributed by atoms with van der Waals surface area (Å²) in [5.74, 6) is 1.87. The number of piperazine rings is 1. The molecule has 3 rings (SSSR count). The fourth-order valence-electron chi connectivity index (χ4n) is 3.80. The molecule has 1 amide bonds. The van der Waals surface area contributed by atoms with Crippen molar-refractivity contribution in [3.05, 3.63) is 24.3 Å². The second-order valence-corrected chi connectivity index (χ2v) is 7.27. The highest BCUT2D eigenvalue weighted by atomic mass is 127. The van der Waals surface area contributed by atoms with E-state index in [0.29, 0.717) is 18.4 Å². The van der Waals surface area contributed by atoms with Crippen LogP contribution in [-0.2, 0) is 4.79 Å². The predicted octanol–water partition coefficient (Wildman–Crippen LogP) is 2.37. The molecule has 0 bridgehead atoms. The highest BCUT2D eigenvalue weighted by Crippen LogP contribution is 2.26. The fraction of sp³-hybridized carbons (Fsp3) is 0.600. The third-order valence-electron chi connectivity index (χ3n) is 5.45. The summed E-state index contributed by atoms with van der Waals surface area (Å²) in [5.41, 5.74) is 6.84. The smallest absolute Gasteiger partial charge is 0.225 e. The minimum atomic E-state index is 0. The maximum atomic E-state index is 12.5. The van der Waals surface area contributed by atoms with E-state index in [2.05, 4.69) is 20.1 Å². The van der Waals surface area contributed by atoms with Crippen molar-refractivity contribution in [2.24, 2.45) is 16.6 Å². The van der Waals surface area contributed by atoms with E-state index in [4.69, 9.17) is 10.5 Å². The molecule has 0 atom stereocenters. The normalized spacial score (nSPS) is 18.6. The van der Waals surface area contributed by atoms with Crippen LogP contribution in [0.2, 0.25) is 0 Å². The number of methoxy groups -OCH3 is 1. The molecule has 156 valence electrons. The number of nitrogens with one attached hydrogen (secondary N) is 1. The Morgan fingerprint density at radius 1 is 1.18 bits per heavy atom. The molecule has 1 saturated carbocycles. The van der Waals surface area contributed by atoms with Crippen LogP contribution < -0.4 is 15.8 Å². The van der Waals surface area contributed by atoms with E-state index in [1.807, 2.05) is 24.3 Å². The first-order valence-corrected chi connectivity index (χ1v) is 9.88. The van der Waals surface area contributed by atoms with Crippen LogP contribution in [0.1, 0.15) is 25.7 Å². The van der Waals surface area contributed by atoms with Gasteiger partial charge >= 0.3 is 0 Å². The van der Waals surface area contributed by atoms with Crippen LogP contribution in [0, 0.1) is 5.92 Å². The quantitative estimate of drug-likeness (QED) is 0.356. The number of halogens is 1. The maximum absolute atomic E-state index is 12.5. The van der Waals surface area contributed by atoms with Crippen LogP contribution >= 0.6 is 24.0 Å². The van der Waals surface area contributed by atoms with E-state index in [1.165, 1.54) is 12.8 Å². The Bertz CT molecular complexity index is 639. The SMILES string of the molecule is COc1ccc(NC(N)=NCCN2CCN(C(=O)C3CCCC3)CC2)cc1.I. The molecule has 1 saturated heterocycles. The molecule has 0 aromatic heterocycles. The third-order valence-corrected chi connectivity index (χ3v) is 5.45. The van der Waals surface area contributed by atoms with Crippen molar-refractivity contribution in [2.45, 2.75) is 25.7 Å². The Kier molecular flexibility index (Phi) is 9.30. The minimum absolute atomic E-state index is 0. The zero-order chi connectivity index (χ0) is 19.1. The minimum Gasteiger partial charge on any atom is -0.497 e. The van der Waals surface area contributed by atoms with Crippen molar-refractivity contribution < 1.29 is 9.53 Å². The molecule has 2 fully saturated rings. The van der Waals surface area contributed by atoms with Crippen molar-refractivity contribution in [1.82, 2.24) is 9.80 Å². The van der Waals surface area contributed by atoms with Gasteiger partial charge in [0, 0.05) is 44.3 Å². The summed E-state index contributed by atoms with van der Waals surface area (Å²) < 4.78 is 5.14. The highest BCUT2D eigenvalue weighted by Gasteiger charge is 2.29. The number of nitrogens with two attached hydrogens (primary N) is 1. The number of amides is 1. The lowest BCUT2D eigenvalue weighted by atomic mass is 10.1. The van der Waals surface area contributed by atoms with Crippen molar-refractivity contribution in [2.75, 3.05) is 51.7 Å². The van der Waals surface area contributed by atoms with Gasteiger partial charge in [-0.3, -0.25) is 14.7 Å². The van der Waals surface area contributed by atoms with Crippen LogP contribution in [-0.4, -0.2) is 68.0 Å². The lowest BCUT2D eigenvalue weighted by Gasteiger charge is -2.35. The monoisotopic (exact) mass is 501 g/mol. The van der Waals surface area contributed by atoms with Gasteiger partial charge in [-0.1, -0.05) is 12.8 Å². The summed E-state index contributed by atoms with van der Waals surface area (Å²) in [5, 5.41) is 3.08. The van der Waals surface area contributed by atoms with Gasteiger partial charge in [-0.25, -0.2) is 0 Å². The van der Waals surface area contributed by atoms with Crippen molar-refractivity contribution >= 4 is 41.5 Å². The molecule has 0 radical (unpaired) electrons. The average Bonchev–Trinajstić information content (AvgIpc) is 3.23. The highest BCUT2D eigenvalue weighted by molar-refractivity contribution is 14.0. The van der Waals surface area contributed by atoms with Gasteiger partial charge in [-0.2, -0.15) is 0 Å². The van der Waals surface area contributed by atoms with Gasteiger partial charge in [0.2, 0.25) is 5.91 Å². The summed E-state index contributed by atoms with van der Waals surface area (Å²) in [6, 6.07) is 7.56. The van der Waals surface area contributed by atoms with Crippen LogP contribution in [0.25, 0.3) is 0 Å². The van der Waals surface area contributed by atoms with Gasteiger partial charge in [0.15, 0.2) is 5.96 Å². The molecular formula is C20H32IN5O2. The molecule has 7 nitrogen and oxygen atoms in total. The van der Waals surface area contributed by atoms with Crippen LogP contribution in [0.5, 0.6) is 5.75 Å². The number of hydrogen-bond acceptors (Lipinski definition) is 4. The average molecular weight is 501 g/mol. The van der Waals surface area contributed by atoms with Gasteiger partial charge in [0.25, 0.3) is 0 Å². The zero-order valence-electron chi connectivity index (χ0n) is 16.6. The molecule has 1 heterocycles. The predicted molar refractivity (Wildman–Crippen MR) is 123 cm³/mol. The first-order chi connectivity index (χ1) is 13.2. The lowest BCUT2D eigenvalue weighted by Crippen LogP contribution is -2.50. The number of carbonyl (C=O) groups excluding carboxylic acids is 1. The Hall–Kier alpha value is -1.55. The number of carbonyl (C=O) groups is 1. The molecule has 1 aromatic rings.